The van der Waals surface area contributed by atoms with Crippen LogP contribution in [0, 0.1) is 16.7 Å². The van der Waals surface area contributed by atoms with Crippen molar-refractivity contribution in [1.82, 2.24) is 5.32 Å². The van der Waals surface area contributed by atoms with E-state index in [-0.39, 0.29) is 23.5 Å². The molecule has 0 bridgehead atoms. The molecule has 2 rings (SSSR count). The Morgan fingerprint density at radius 2 is 2.10 bits per heavy atom. The molecule has 5 nitrogen and oxygen atoms in total. The van der Waals surface area contributed by atoms with Crippen molar-refractivity contribution >= 4 is 5.91 Å². The van der Waals surface area contributed by atoms with E-state index in [9.17, 15) is 9.90 Å². The van der Waals surface area contributed by atoms with Crippen LogP contribution in [0.3, 0.4) is 0 Å². The molecule has 3 atom stereocenters. The molecule has 1 aliphatic carbocycles. The van der Waals surface area contributed by atoms with Gasteiger partial charge in [-0.2, -0.15) is 5.26 Å². The minimum absolute atomic E-state index is 0.0352. The Morgan fingerprint density at radius 3 is 2.57 bits per heavy atom. The molecule has 1 aromatic rings. The molecule has 5 heteroatoms. The SMILES string of the molecule is CC(Oc1ccc(C#N)cc1)C(=O)NC1CC(O)C1(C)C. The fraction of sp³-hybridized carbons (Fsp3) is 0.500. The van der Waals surface area contributed by atoms with Crippen LogP contribution >= 0.6 is 0 Å². The van der Waals surface area contributed by atoms with E-state index >= 15 is 0 Å². The van der Waals surface area contributed by atoms with Crippen molar-refractivity contribution < 1.29 is 14.6 Å². The molecule has 0 spiro atoms. The molecule has 3 unspecified atom stereocenters. The maximum atomic E-state index is 12.1. The van der Waals surface area contributed by atoms with E-state index in [1.54, 1.807) is 31.2 Å². The van der Waals surface area contributed by atoms with Crippen LogP contribution in [0.15, 0.2) is 24.3 Å². The van der Waals surface area contributed by atoms with Crippen LogP contribution in [-0.2, 0) is 4.79 Å². The van der Waals surface area contributed by atoms with Crippen LogP contribution in [0.25, 0.3) is 0 Å². The number of carbonyl (C=O) groups excluding carboxylic acids is 1. The van der Waals surface area contributed by atoms with Crippen molar-refractivity contribution in [2.75, 3.05) is 0 Å². The number of ether oxygens (including phenoxy) is 1. The van der Waals surface area contributed by atoms with Crippen molar-refractivity contribution in [2.45, 2.75) is 45.4 Å². The highest BCUT2D eigenvalue weighted by atomic mass is 16.5. The molecule has 2 N–H and O–H groups in total. The van der Waals surface area contributed by atoms with Gasteiger partial charge < -0.3 is 15.2 Å². The molecule has 1 aromatic carbocycles. The van der Waals surface area contributed by atoms with Crippen LogP contribution in [0.5, 0.6) is 5.75 Å². The summed E-state index contributed by atoms with van der Waals surface area (Å²) >= 11 is 0. The van der Waals surface area contributed by atoms with E-state index in [2.05, 4.69) is 5.32 Å². The summed E-state index contributed by atoms with van der Waals surface area (Å²) in [6, 6.07) is 8.61. The van der Waals surface area contributed by atoms with Crippen LogP contribution in [-0.4, -0.2) is 29.3 Å². The maximum absolute atomic E-state index is 12.1. The van der Waals surface area contributed by atoms with Gasteiger partial charge in [0.2, 0.25) is 0 Å². The topological polar surface area (TPSA) is 82.3 Å². The minimum Gasteiger partial charge on any atom is -0.481 e. The summed E-state index contributed by atoms with van der Waals surface area (Å²) in [5.41, 5.74) is 0.244. The third-order valence-corrected chi connectivity index (χ3v) is 4.20. The largest absolute Gasteiger partial charge is 0.481 e. The predicted molar refractivity (Wildman–Crippen MR) is 77.6 cm³/mol. The van der Waals surface area contributed by atoms with E-state index in [1.165, 1.54) is 0 Å². The number of carbonyl (C=O) groups is 1. The Hall–Kier alpha value is -2.06. The number of nitrogens with zero attached hydrogens (tertiary/aromatic N) is 1. The van der Waals surface area contributed by atoms with Crippen molar-refractivity contribution in [2.24, 2.45) is 5.41 Å². The van der Waals surface area contributed by atoms with Gasteiger partial charge in [0.15, 0.2) is 6.10 Å². The zero-order valence-electron chi connectivity index (χ0n) is 12.5. The first-order valence-electron chi connectivity index (χ1n) is 7.00. The molecular weight excluding hydrogens is 268 g/mol. The average Bonchev–Trinajstić information content (AvgIpc) is 2.47. The third kappa shape index (κ3) is 3.17. The van der Waals surface area contributed by atoms with Gasteiger partial charge in [-0.05, 0) is 37.6 Å². The van der Waals surface area contributed by atoms with Crippen LogP contribution in [0.1, 0.15) is 32.8 Å². The summed E-state index contributed by atoms with van der Waals surface area (Å²) < 4.78 is 5.56. The van der Waals surface area contributed by atoms with Crippen molar-refractivity contribution in [3.05, 3.63) is 29.8 Å². The third-order valence-electron chi connectivity index (χ3n) is 4.20. The lowest BCUT2D eigenvalue weighted by Gasteiger charge is -2.49. The monoisotopic (exact) mass is 288 g/mol. The Morgan fingerprint density at radius 1 is 1.48 bits per heavy atom. The number of hydrogen-bond acceptors (Lipinski definition) is 4. The van der Waals surface area contributed by atoms with Gasteiger partial charge in [0.25, 0.3) is 5.91 Å². The fourth-order valence-corrected chi connectivity index (χ4v) is 2.30. The molecule has 0 heterocycles. The lowest BCUT2D eigenvalue weighted by molar-refractivity contribution is -0.135. The van der Waals surface area contributed by atoms with Gasteiger partial charge >= 0.3 is 0 Å². The first-order valence-corrected chi connectivity index (χ1v) is 7.00. The van der Waals surface area contributed by atoms with Crippen molar-refractivity contribution in [1.29, 1.82) is 5.26 Å². The van der Waals surface area contributed by atoms with Gasteiger partial charge in [0, 0.05) is 11.5 Å². The summed E-state index contributed by atoms with van der Waals surface area (Å²) in [4.78, 5) is 12.1. The molecule has 112 valence electrons. The zero-order chi connectivity index (χ0) is 15.6. The highest BCUT2D eigenvalue weighted by molar-refractivity contribution is 5.81. The molecule has 21 heavy (non-hydrogen) atoms. The lowest BCUT2D eigenvalue weighted by atomic mass is 9.64. The number of aliphatic hydroxyl groups is 1. The van der Waals surface area contributed by atoms with Crippen molar-refractivity contribution in [3.63, 3.8) is 0 Å². The van der Waals surface area contributed by atoms with E-state index in [0.717, 1.165) is 0 Å². The van der Waals surface area contributed by atoms with Gasteiger partial charge in [-0.25, -0.2) is 0 Å². The molecule has 1 fully saturated rings. The second-order valence-electron chi connectivity index (χ2n) is 6.03. The minimum atomic E-state index is -0.633. The Balaban J connectivity index is 1.89. The van der Waals surface area contributed by atoms with Crippen LogP contribution in [0.4, 0.5) is 0 Å². The summed E-state index contributed by atoms with van der Waals surface area (Å²) in [5.74, 6) is 0.342. The summed E-state index contributed by atoms with van der Waals surface area (Å²) in [6.45, 7) is 5.53. The highest BCUT2D eigenvalue weighted by Crippen LogP contribution is 2.40. The van der Waals surface area contributed by atoms with Gasteiger partial charge in [0.1, 0.15) is 5.75 Å². The van der Waals surface area contributed by atoms with E-state index in [0.29, 0.717) is 17.7 Å². The molecule has 1 amide bonds. The molecule has 1 aliphatic rings. The molecule has 0 aliphatic heterocycles. The standard InChI is InChI=1S/C16H20N2O3/c1-10(21-12-6-4-11(9-17)5-7-12)15(20)18-13-8-14(19)16(13,2)3/h4-7,10,13-14,19H,8H2,1-3H3,(H,18,20). The van der Waals surface area contributed by atoms with Crippen LogP contribution < -0.4 is 10.1 Å². The van der Waals surface area contributed by atoms with Crippen molar-refractivity contribution in [3.8, 4) is 11.8 Å². The zero-order valence-corrected chi connectivity index (χ0v) is 12.5. The number of benzene rings is 1. The molecule has 0 radical (unpaired) electrons. The van der Waals surface area contributed by atoms with Gasteiger partial charge in [-0.1, -0.05) is 13.8 Å². The Bertz CT molecular complexity index is 560. The Kier molecular flexibility index (Phi) is 4.19. The summed E-state index contributed by atoms with van der Waals surface area (Å²) in [7, 11) is 0. The number of aliphatic hydroxyl groups excluding tert-OH is 1. The van der Waals surface area contributed by atoms with Gasteiger partial charge in [0.05, 0.1) is 17.7 Å². The fourth-order valence-electron chi connectivity index (χ4n) is 2.30. The smallest absolute Gasteiger partial charge is 0.261 e. The number of hydrogen-bond donors (Lipinski definition) is 2. The normalized spacial score (nSPS) is 24.3. The second-order valence-corrected chi connectivity index (χ2v) is 6.03. The maximum Gasteiger partial charge on any atom is 0.261 e. The highest BCUT2D eigenvalue weighted by Gasteiger charge is 2.48. The van der Waals surface area contributed by atoms with E-state index < -0.39 is 6.10 Å². The van der Waals surface area contributed by atoms with Gasteiger partial charge in [-0.15, -0.1) is 0 Å². The second kappa shape index (κ2) is 5.74. The Labute approximate surface area is 124 Å². The summed E-state index contributed by atoms with van der Waals surface area (Å²) in [5, 5.41) is 21.3. The first-order chi connectivity index (χ1) is 9.84. The predicted octanol–water partition coefficient (Wildman–Crippen LogP) is 1.60. The quantitative estimate of drug-likeness (QED) is 0.881. The number of amides is 1. The number of rotatable bonds is 4. The van der Waals surface area contributed by atoms with E-state index in [1.807, 2.05) is 19.9 Å². The number of nitrogens with one attached hydrogen (secondary N) is 1. The summed E-state index contributed by atoms with van der Waals surface area (Å²) in [6.07, 6.45) is -0.438. The van der Waals surface area contributed by atoms with Gasteiger partial charge in [-0.3, -0.25) is 4.79 Å². The van der Waals surface area contributed by atoms with Crippen LogP contribution in [0.2, 0.25) is 0 Å². The molecule has 0 saturated heterocycles. The molecule has 0 aromatic heterocycles. The van der Waals surface area contributed by atoms with E-state index in [4.69, 9.17) is 10.00 Å². The molecule has 1 saturated carbocycles. The molecular formula is C16H20N2O3. The first kappa shape index (κ1) is 15.3. The lowest BCUT2D eigenvalue weighted by Crippen LogP contribution is -2.62. The average molecular weight is 288 g/mol. The number of nitriles is 1.